The van der Waals surface area contributed by atoms with Crippen molar-refractivity contribution < 1.29 is 19.4 Å². The molecule has 1 fully saturated rings. The van der Waals surface area contributed by atoms with Gasteiger partial charge in [0.25, 0.3) is 0 Å². The third-order valence-electron chi connectivity index (χ3n) is 3.07. The van der Waals surface area contributed by atoms with Crippen LogP contribution in [-0.4, -0.2) is 42.3 Å². The van der Waals surface area contributed by atoms with Crippen LogP contribution in [0.15, 0.2) is 0 Å². The summed E-state index contributed by atoms with van der Waals surface area (Å²) in [5.74, 6) is -1.82. The molecule has 0 aromatic heterocycles. The van der Waals surface area contributed by atoms with Gasteiger partial charge in [0.1, 0.15) is 5.92 Å². The maximum atomic E-state index is 11.8. The maximum absolute atomic E-state index is 11.8. The molecule has 1 saturated heterocycles. The fourth-order valence-corrected chi connectivity index (χ4v) is 2.30. The molecule has 0 saturated carbocycles. The van der Waals surface area contributed by atoms with Gasteiger partial charge in [-0.05, 0) is 11.8 Å². The first kappa shape index (κ1) is 15.9. The summed E-state index contributed by atoms with van der Waals surface area (Å²) in [5.41, 5.74) is 5.99. The van der Waals surface area contributed by atoms with Crippen LogP contribution in [0, 0.1) is 11.3 Å². The van der Waals surface area contributed by atoms with E-state index in [1.165, 1.54) is 0 Å². The van der Waals surface area contributed by atoms with E-state index in [0.717, 1.165) is 6.42 Å². The molecule has 3 atom stereocenters. The minimum Gasteiger partial charge on any atom is -0.481 e. The molecule has 4 N–H and O–H groups in total. The number of carboxylic acid groups (broad SMARTS) is 1. The van der Waals surface area contributed by atoms with Crippen molar-refractivity contribution in [2.24, 2.45) is 17.1 Å². The van der Waals surface area contributed by atoms with Gasteiger partial charge in [0.05, 0.1) is 19.3 Å². The quantitative estimate of drug-likeness (QED) is 0.670. The lowest BCUT2D eigenvalue weighted by Gasteiger charge is -2.23. The summed E-state index contributed by atoms with van der Waals surface area (Å²) in [5, 5.41) is 11.7. The van der Waals surface area contributed by atoms with E-state index in [-0.39, 0.29) is 37.0 Å². The Morgan fingerprint density at radius 1 is 1.42 bits per heavy atom. The van der Waals surface area contributed by atoms with Crippen molar-refractivity contribution in [3.8, 4) is 0 Å². The van der Waals surface area contributed by atoms with Gasteiger partial charge in [0, 0.05) is 12.5 Å². The predicted octanol–water partition coefficient (Wildman–Crippen LogP) is 0.356. The predicted molar refractivity (Wildman–Crippen MR) is 70.5 cm³/mol. The number of carbonyl (C=O) groups excluding carboxylic acids is 1. The lowest BCUT2D eigenvalue weighted by Crippen LogP contribution is -2.44. The molecule has 3 unspecified atom stereocenters. The molecular formula is C13H24N2O4. The van der Waals surface area contributed by atoms with Gasteiger partial charge in [-0.1, -0.05) is 20.8 Å². The van der Waals surface area contributed by atoms with Crippen LogP contribution < -0.4 is 11.1 Å². The highest BCUT2D eigenvalue weighted by molar-refractivity contribution is 5.78. The van der Waals surface area contributed by atoms with Gasteiger partial charge in [0.15, 0.2) is 0 Å². The standard InChI is InChI=1S/C13H24N2O4/c1-13(2,3)5-8(14)4-11(16)15-10-7-19-6-9(10)12(17)18/h8-10H,4-7,14H2,1-3H3,(H,15,16)(H,17,18). The van der Waals surface area contributed by atoms with Gasteiger partial charge in [-0.2, -0.15) is 0 Å². The number of aliphatic carboxylic acids is 1. The first-order valence-corrected chi connectivity index (χ1v) is 6.54. The van der Waals surface area contributed by atoms with Gasteiger partial charge in [0.2, 0.25) is 5.91 Å². The molecule has 1 aliphatic heterocycles. The number of hydrogen-bond acceptors (Lipinski definition) is 4. The maximum Gasteiger partial charge on any atom is 0.311 e. The third kappa shape index (κ3) is 5.57. The Kier molecular flexibility index (Phi) is 5.31. The fourth-order valence-electron chi connectivity index (χ4n) is 2.30. The Morgan fingerprint density at radius 3 is 2.58 bits per heavy atom. The van der Waals surface area contributed by atoms with Crippen molar-refractivity contribution in [1.29, 1.82) is 0 Å². The molecule has 110 valence electrons. The van der Waals surface area contributed by atoms with Crippen LogP contribution in [0.1, 0.15) is 33.6 Å². The molecule has 0 bridgehead atoms. The van der Waals surface area contributed by atoms with Crippen molar-refractivity contribution in [3.63, 3.8) is 0 Å². The average Bonchev–Trinajstić information content (AvgIpc) is 2.61. The number of carboxylic acids is 1. The van der Waals surface area contributed by atoms with E-state index in [9.17, 15) is 9.59 Å². The van der Waals surface area contributed by atoms with Crippen LogP contribution in [0.3, 0.4) is 0 Å². The second-order valence-corrected chi connectivity index (χ2v) is 6.39. The Morgan fingerprint density at radius 2 is 2.05 bits per heavy atom. The normalized spacial score (nSPS) is 25.1. The number of amides is 1. The third-order valence-corrected chi connectivity index (χ3v) is 3.07. The molecule has 1 amide bonds. The minimum atomic E-state index is -0.943. The molecule has 0 aliphatic carbocycles. The summed E-state index contributed by atoms with van der Waals surface area (Å²) in [4.78, 5) is 22.8. The first-order chi connectivity index (χ1) is 8.69. The van der Waals surface area contributed by atoms with Crippen molar-refractivity contribution in [1.82, 2.24) is 5.32 Å². The van der Waals surface area contributed by atoms with Crippen molar-refractivity contribution in [2.75, 3.05) is 13.2 Å². The summed E-state index contributed by atoms with van der Waals surface area (Å²) in [7, 11) is 0. The second kappa shape index (κ2) is 6.34. The largest absolute Gasteiger partial charge is 0.481 e. The van der Waals surface area contributed by atoms with E-state index >= 15 is 0 Å². The second-order valence-electron chi connectivity index (χ2n) is 6.39. The molecule has 0 spiro atoms. The van der Waals surface area contributed by atoms with Gasteiger partial charge in [-0.15, -0.1) is 0 Å². The number of hydrogen-bond donors (Lipinski definition) is 3. The number of carbonyl (C=O) groups is 2. The number of nitrogens with one attached hydrogen (secondary N) is 1. The van der Waals surface area contributed by atoms with Gasteiger partial charge in [-0.3, -0.25) is 9.59 Å². The van der Waals surface area contributed by atoms with Gasteiger partial charge >= 0.3 is 5.97 Å². The Labute approximate surface area is 113 Å². The summed E-state index contributed by atoms with van der Waals surface area (Å²) >= 11 is 0. The van der Waals surface area contributed by atoms with Crippen LogP contribution in [0.25, 0.3) is 0 Å². The van der Waals surface area contributed by atoms with Gasteiger partial charge < -0.3 is 20.9 Å². The number of ether oxygens (including phenoxy) is 1. The molecule has 0 aromatic rings. The Balaban J connectivity index is 2.41. The zero-order valence-corrected chi connectivity index (χ0v) is 11.8. The molecular weight excluding hydrogens is 248 g/mol. The minimum absolute atomic E-state index is 0.0692. The lowest BCUT2D eigenvalue weighted by atomic mass is 9.87. The molecule has 1 heterocycles. The zero-order chi connectivity index (χ0) is 14.6. The van der Waals surface area contributed by atoms with E-state index in [1.54, 1.807) is 0 Å². The molecule has 1 aliphatic rings. The molecule has 6 nitrogen and oxygen atoms in total. The molecule has 0 aromatic carbocycles. The summed E-state index contributed by atoms with van der Waals surface area (Å²) < 4.78 is 5.09. The van der Waals surface area contributed by atoms with E-state index in [2.05, 4.69) is 26.1 Å². The number of rotatable bonds is 5. The first-order valence-electron chi connectivity index (χ1n) is 6.54. The topological polar surface area (TPSA) is 102 Å². The van der Waals surface area contributed by atoms with E-state index in [0.29, 0.717) is 0 Å². The van der Waals surface area contributed by atoms with Crippen molar-refractivity contribution in [2.45, 2.75) is 45.7 Å². The van der Waals surface area contributed by atoms with Crippen LogP contribution in [0.2, 0.25) is 0 Å². The fraction of sp³-hybridized carbons (Fsp3) is 0.846. The van der Waals surface area contributed by atoms with E-state index in [4.69, 9.17) is 15.6 Å². The highest BCUT2D eigenvalue weighted by Gasteiger charge is 2.35. The van der Waals surface area contributed by atoms with Crippen molar-refractivity contribution in [3.05, 3.63) is 0 Å². The van der Waals surface area contributed by atoms with Crippen molar-refractivity contribution >= 4 is 11.9 Å². The summed E-state index contributed by atoms with van der Waals surface area (Å²) in [6, 6.07) is -0.669. The van der Waals surface area contributed by atoms with E-state index in [1.807, 2.05) is 0 Å². The summed E-state index contributed by atoms with van der Waals surface area (Å²) in [6.07, 6.45) is 0.948. The van der Waals surface area contributed by atoms with E-state index < -0.39 is 17.9 Å². The van der Waals surface area contributed by atoms with Crippen LogP contribution in [0.4, 0.5) is 0 Å². The highest BCUT2D eigenvalue weighted by atomic mass is 16.5. The molecule has 19 heavy (non-hydrogen) atoms. The monoisotopic (exact) mass is 272 g/mol. The highest BCUT2D eigenvalue weighted by Crippen LogP contribution is 2.21. The molecule has 0 radical (unpaired) electrons. The molecule has 6 heteroatoms. The van der Waals surface area contributed by atoms with Crippen LogP contribution >= 0.6 is 0 Å². The van der Waals surface area contributed by atoms with Crippen LogP contribution in [-0.2, 0) is 14.3 Å². The average molecular weight is 272 g/mol. The Bertz CT molecular complexity index is 338. The zero-order valence-electron chi connectivity index (χ0n) is 11.8. The Hall–Kier alpha value is -1.14. The van der Waals surface area contributed by atoms with Crippen LogP contribution in [0.5, 0.6) is 0 Å². The smallest absolute Gasteiger partial charge is 0.311 e. The van der Waals surface area contributed by atoms with Gasteiger partial charge in [-0.25, -0.2) is 0 Å². The summed E-state index contributed by atoms with van der Waals surface area (Å²) in [6.45, 7) is 6.59. The number of nitrogens with two attached hydrogens (primary N) is 1. The lowest BCUT2D eigenvalue weighted by molar-refractivity contribution is -0.142. The molecule has 1 rings (SSSR count). The SMILES string of the molecule is CC(C)(C)CC(N)CC(=O)NC1COCC1C(=O)O.